The fourth-order valence-corrected chi connectivity index (χ4v) is 4.16. The number of esters is 2. The molecule has 2 heterocycles. The van der Waals surface area contributed by atoms with E-state index >= 15 is 0 Å². The minimum atomic E-state index is -1.69. The van der Waals surface area contributed by atoms with Gasteiger partial charge in [0.15, 0.2) is 17.8 Å². The van der Waals surface area contributed by atoms with E-state index in [9.17, 15) is 40.2 Å². The summed E-state index contributed by atoms with van der Waals surface area (Å²) in [5.41, 5.74) is 0.927. The molecule has 2 aliphatic heterocycles. The van der Waals surface area contributed by atoms with Crippen LogP contribution in [0.4, 0.5) is 0 Å². The quantitative estimate of drug-likeness (QED) is 0.135. The maximum Gasteiger partial charge on any atom is 0.337 e. The number of carbonyl (C=O) groups is 2. The van der Waals surface area contributed by atoms with Crippen LogP contribution >= 0.6 is 0 Å². The van der Waals surface area contributed by atoms with Crippen molar-refractivity contribution in [1.82, 2.24) is 0 Å². The zero-order valence-electron chi connectivity index (χ0n) is 20.8. The molecule has 7 unspecified atom stereocenters. The van der Waals surface area contributed by atoms with E-state index in [2.05, 4.69) is 0 Å². The SMILES string of the molecule is C.C/C=C1/C(OC2OC(CO)C(O)C(O)C2O)OC=C(C(=O)OC)C1CC(=O)OCCc1ccc(O)c(O)c1. The molecule has 2 aliphatic rings. The van der Waals surface area contributed by atoms with Crippen molar-refractivity contribution in [1.29, 1.82) is 0 Å². The van der Waals surface area contributed by atoms with E-state index in [1.165, 1.54) is 12.1 Å². The highest BCUT2D eigenvalue weighted by Crippen LogP contribution is 2.36. The third-order valence-corrected chi connectivity index (χ3v) is 6.29. The summed E-state index contributed by atoms with van der Waals surface area (Å²) in [5.74, 6) is -2.89. The Hall–Kier alpha value is -3.20. The predicted molar refractivity (Wildman–Crippen MR) is 133 cm³/mol. The number of aromatic hydroxyl groups is 2. The molecule has 0 saturated carbocycles. The highest BCUT2D eigenvalue weighted by molar-refractivity contribution is 5.90. The van der Waals surface area contributed by atoms with Gasteiger partial charge in [-0.3, -0.25) is 4.79 Å². The van der Waals surface area contributed by atoms with Gasteiger partial charge in [0.05, 0.1) is 38.6 Å². The highest BCUT2D eigenvalue weighted by Gasteiger charge is 2.46. The highest BCUT2D eigenvalue weighted by atomic mass is 16.8. The summed E-state index contributed by atoms with van der Waals surface area (Å²) in [6.07, 6.45) is -6.39. The number of methoxy groups -OCH3 is 1. The molecular formula is C26H36O13. The van der Waals surface area contributed by atoms with Gasteiger partial charge in [0.1, 0.15) is 24.4 Å². The van der Waals surface area contributed by atoms with Gasteiger partial charge in [0.2, 0.25) is 6.29 Å². The summed E-state index contributed by atoms with van der Waals surface area (Å²) < 4.78 is 26.7. The molecule has 1 fully saturated rings. The maximum atomic E-state index is 12.7. The van der Waals surface area contributed by atoms with E-state index in [1.54, 1.807) is 19.1 Å². The fraction of sp³-hybridized carbons (Fsp3) is 0.538. The van der Waals surface area contributed by atoms with Gasteiger partial charge in [0.25, 0.3) is 0 Å². The second-order valence-electron chi connectivity index (χ2n) is 8.71. The van der Waals surface area contributed by atoms with Crippen molar-refractivity contribution in [3.63, 3.8) is 0 Å². The van der Waals surface area contributed by atoms with Gasteiger partial charge in [0, 0.05) is 17.9 Å². The van der Waals surface area contributed by atoms with Gasteiger partial charge in [-0.2, -0.15) is 0 Å². The van der Waals surface area contributed by atoms with Gasteiger partial charge < -0.3 is 54.3 Å². The van der Waals surface area contributed by atoms with Crippen LogP contribution in [0.25, 0.3) is 0 Å². The van der Waals surface area contributed by atoms with Gasteiger partial charge in [-0.15, -0.1) is 0 Å². The molecule has 7 atom stereocenters. The number of ether oxygens (including phenoxy) is 5. The molecule has 1 aromatic carbocycles. The summed E-state index contributed by atoms with van der Waals surface area (Å²) in [7, 11) is 1.16. The van der Waals surface area contributed by atoms with Gasteiger partial charge in [-0.05, 0) is 24.6 Å². The van der Waals surface area contributed by atoms with Crippen molar-refractivity contribution < 1.29 is 63.9 Å². The van der Waals surface area contributed by atoms with Crippen molar-refractivity contribution in [2.45, 2.75) is 64.2 Å². The molecule has 1 aromatic rings. The number of benzene rings is 1. The van der Waals surface area contributed by atoms with Crippen LogP contribution < -0.4 is 0 Å². The van der Waals surface area contributed by atoms with Gasteiger partial charge >= 0.3 is 11.9 Å². The number of phenols is 2. The van der Waals surface area contributed by atoms with E-state index < -0.39 is 61.5 Å². The lowest BCUT2D eigenvalue weighted by Gasteiger charge is -2.41. The van der Waals surface area contributed by atoms with Crippen LogP contribution in [-0.2, 0) is 39.7 Å². The van der Waals surface area contributed by atoms with Crippen molar-refractivity contribution >= 4 is 11.9 Å². The Labute approximate surface area is 225 Å². The lowest BCUT2D eigenvalue weighted by atomic mass is 9.86. The van der Waals surface area contributed by atoms with E-state index in [0.29, 0.717) is 11.1 Å². The smallest absolute Gasteiger partial charge is 0.337 e. The zero-order valence-corrected chi connectivity index (χ0v) is 20.8. The Morgan fingerprint density at radius 2 is 1.79 bits per heavy atom. The Balaban J connectivity index is 0.00000533. The summed E-state index contributed by atoms with van der Waals surface area (Å²) in [5, 5.41) is 58.8. The number of allylic oxidation sites excluding steroid dienone is 1. The normalized spacial score (nSPS) is 29.5. The van der Waals surface area contributed by atoms with E-state index in [-0.39, 0.29) is 43.9 Å². The number of aliphatic hydroxyl groups is 4. The third kappa shape index (κ3) is 7.47. The molecule has 0 amide bonds. The molecule has 0 bridgehead atoms. The molecule has 39 heavy (non-hydrogen) atoms. The second kappa shape index (κ2) is 14.3. The van der Waals surface area contributed by atoms with Crippen LogP contribution in [-0.4, -0.2) is 99.9 Å². The lowest BCUT2D eigenvalue weighted by molar-refractivity contribution is -0.327. The maximum absolute atomic E-state index is 12.7. The molecule has 13 nitrogen and oxygen atoms in total. The molecule has 218 valence electrons. The number of aliphatic hydroxyl groups excluding tert-OH is 4. The first kappa shape index (κ1) is 32.0. The number of carbonyl (C=O) groups excluding carboxylic acids is 2. The third-order valence-electron chi connectivity index (χ3n) is 6.29. The molecule has 0 radical (unpaired) electrons. The monoisotopic (exact) mass is 556 g/mol. The van der Waals surface area contributed by atoms with Crippen molar-refractivity contribution in [2.75, 3.05) is 20.3 Å². The van der Waals surface area contributed by atoms with Crippen LogP contribution in [0.15, 0.2) is 41.7 Å². The summed E-state index contributed by atoms with van der Waals surface area (Å²) in [4.78, 5) is 25.1. The average molecular weight is 557 g/mol. The Morgan fingerprint density at radius 3 is 2.41 bits per heavy atom. The summed E-state index contributed by atoms with van der Waals surface area (Å²) >= 11 is 0. The molecule has 0 aliphatic carbocycles. The average Bonchev–Trinajstić information content (AvgIpc) is 2.90. The summed E-state index contributed by atoms with van der Waals surface area (Å²) in [6, 6.07) is 4.23. The van der Waals surface area contributed by atoms with Crippen LogP contribution in [0.3, 0.4) is 0 Å². The molecular weight excluding hydrogens is 520 g/mol. The molecule has 3 rings (SSSR count). The molecule has 6 N–H and O–H groups in total. The Bertz CT molecular complexity index is 1050. The first-order valence-corrected chi connectivity index (χ1v) is 11.8. The standard InChI is InChI=1S/C25H32O13.CH4/c1-3-13-14(9-19(29)35-7-6-12-4-5-16(27)17(28)8-12)15(23(33)34-2)11-36-24(13)38-25-22(32)21(31)20(30)18(10-26)37-25;/h3-5,8,11,14,18,20-22,24-28,30-32H,6-7,9-10H2,1-2H3;1H4/b13-3+;. The predicted octanol–water partition coefficient (Wildman–Crippen LogP) is 0.00190. The minimum Gasteiger partial charge on any atom is -0.504 e. The molecule has 0 aromatic heterocycles. The molecule has 1 saturated heterocycles. The Morgan fingerprint density at radius 1 is 1.08 bits per heavy atom. The first-order valence-electron chi connectivity index (χ1n) is 11.8. The molecule has 0 spiro atoms. The minimum absolute atomic E-state index is 0. The molecule has 13 heteroatoms. The summed E-state index contributed by atoms with van der Waals surface area (Å²) in [6.45, 7) is 0.912. The fourth-order valence-electron chi connectivity index (χ4n) is 4.16. The largest absolute Gasteiger partial charge is 0.504 e. The van der Waals surface area contributed by atoms with Gasteiger partial charge in [-0.25, -0.2) is 4.79 Å². The van der Waals surface area contributed by atoms with Crippen LogP contribution in [0.2, 0.25) is 0 Å². The van der Waals surface area contributed by atoms with Crippen LogP contribution in [0.5, 0.6) is 11.5 Å². The van der Waals surface area contributed by atoms with Crippen LogP contribution in [0.1, 0.15) is 26.3 Å². The van der Waals surface area contributed by atoms with E-state index in [0.717, 1.165) is 13.4 Å². The number of rotatable bonds is 9. The second-order valence-corrected chi connectivity index (χ2v) is 8.71. The first-order chi connectivity index (χ1) is 18.1. The van der Waals surface area contributed by atoms with E-state index in [4.69, 9.17) is 23.7 Å². The number of phenolic OH excluding ortho intramolecular Hbond substituents is 2. The van der Waals surface area contributed by atoms with Crippen molar-refractivity contribution in [3.05, 3.63) is 47.2 Å². The van der Waals surface area contributed by atoms with E-state index in [1.807, 2.05) is 0 Å². The number of hydrogen-bond acceptors (Lipinski definition) is 13. The topological polar surface area (TPSA) is 202 Å². The lowest BCUT2D eigenvalue weighted by Crippen LogP contribution is -2.60. The van der Waals surface area contributed by atoms with Crippen molar-refractivity contribution in [3.8, 4) is 11.5 Å². The van der Waals surface area contributed by atoms with Crippen LogP contribution in [0, 0.1) is 5.92 Å². The zero-order chi connectivity index (χ0) is 28.0. The number of hydrogen-bond donors (Lipinski definition) is 6. The Kier molecular flexibility index (Phi) is 11.7. The van der Waals surface area contributed by atoms with Gasteiger partial charge in [-0.1, -0.05) is 19.6 Å². The van der Waals surface area contributed by atoms with Crippen molar-refractivity contribution in [2.24, 2.45) is 5.92 Å².